The highest BCUT2D eigenvalue weighted by Gasteiger charge is 2.25. The molecule has 3 rings (SSSR count). The molecule has 3 aromatic rings. The van der Waals surface area contributed by atoms with Crippen LogP contribution in [0.3, 0.4) is 0 Å². The maximum Gasteiger partial charge on any atom is 0.338 e. The van der Waals surface area contributed by atoms with Crippen LogP contribution in [0.2, 0.25) is 10.0 Å². The number of hydrogen-bond donors (Lipinski definition) is 0. The smallest absolute Gasteiger partial charge is 0.338 e. The molecule has 0 aliphatic heterocycles. The Kier molecular flexibility index (Phi) is 7.12. The maximum absolute atomic E-state index is 12.4. The summed E-state index contributed by atoms with van der Waals surface area (Å²) in [5.74, 6) is -0.713. The summed E-state index contributed by atoms with van der Waals surface area (Å²) in [5, 5.41) is 3.00. The molecule has 0 fully saturated rings. The molecule has 11 heteroatoms. The molecule has 0 N–H and O–H groups in total. The van der Waals surface area contributed by atoms with Crippen LogP contribution in [-0.4, -0.2) is 38.0 Å². The Morgan fingerprint density at radius 2 is 1.90 bits per heavy atom. The summed E-state index contributed by atoms with van der Waals surface area (Å²) >= 11 is 13.6. The van der Waals surface area contributed by atoms with Gasteiger partial charge in [-0.3, -0.25) is 4.84 Å². The second kappa shape index (κ2) is 9.42. The summed E-state index contributed by atoms with van der Waals surface area (Å²) < 4.78 is 30.8. The first-order valence-electron chi connectivity index (χ1n) is 8.43. The van der Waals surface area contributed by atoms with Gasteiger partial charge < -0.3 is 4.74 Å². The summed E-state index contributed by atoms with van der Waals surface area (Å²) in [5.41, 5.74) is 1.37. The Bertz CT molecular complexity index is 1180. The molecule has 0 bridgehead atoms. The van der Waals surface area contributed by atoms with Crippen molar-refractivity contribution in [1.82, 2.24) is 9.45 Å². The van der Waals surface area contributed by atoms with Crippen molar-refractivity contribution in [1.29, 1.82) is 0 Å². The molecule has 0 amide bonds. The summed E-state index contributed by atoms with van der Waals surface area (Å²) in [4.78, 5) is 21.3. The third-order valence-electron chi connectivity index (χ3n) is 4.05. The highest BCUT2D eigenvalue weighted by Crippen LogP contribution is 2.30. The monoisotopic (exact) mass is 486 g/mol. The van der Waals surface area contributed by atoms with Crippen LogP contribution >= 0.6 is 34.5 Å². The Labute approximate surface area is 187 Å². The Balaban J connectivity index is 1.75. The van der Waals surface area contributed by atoms with Gasteiger partial charge in [0.05, 0.1) is 28.4 Å². The van der Waals surface area contributed by atoms with Crippen molar-refractivity contribution in [2.75, 3.05) is 14.2 Å². The molecular formula is C19H16Cl2N2O5S2. The van der Waals surface area contributed by atoms with Crippen molar-refractivity contribution in [3.8, 4) is 10.6 Å². The molecule has 0 saturated heterocycles. The van der Waals surface area contributed by atoms with E-state index in [-0.39, 0.29) is 22.1 Å². The van der Waals surface area contributed by atoms with Gasteiger partial charge in [-0.2, -0.15) is 0 Å². The third-order valence-corrected chi connectivity index (χ3v) is 7.46. The van der Waals surface area contributed by atoms with Crippen LogP contribution in [0.15, 0.2) is 52.7 Å². The van der Waals surface area contributed by atoms with Gasteiger partial charge in [-0.1, -0.05) is 45.9 Å². The van der Waals surface area contributed by atoms with E-state index >= 15 is 0 Å². The van der Waals surface area contributed by atoms with Gasteiger partial charge in [0.15, 0.2) is 0 Å². The number of rotatable bonds is 7. The van der Waals surface area contributed by atoms with Gasteiger partial charge >= 0.3 is 5.97 Å². The summed E-state index contributed by atoms with van der Waals surface area (Å²) in [6.45, 7) is -0.0809. The van der Waals surface area contributed by atoms with E-state index < -0.39 is 16.0 Å². The van der Waals surface area contributed by atoms with Crippen LogP contribution in [-0.2, 0) is 26.2 Å². The largest absolute Gasteiger partial charge is 0.456 e. The zero-order valence-electron chi connectivity index (χ0n) is 15.8. The molecule has 158 valence electrons. The molecule has 0 unspecified atom stereocenters. The summed E-state index contributed by atoms with van der Waals surface area (Å²) in [6, 6.07) is 11.1. The topological polar surface area (TPSA) is 85.8 Å². The molecule has 0 saturated carbocycles. The van der Waals surface area contributed by atoms with E-state index in [0.29, 0.717) is 20.2 Å². The third kappa shape index (κ3) is 4.83. The highest BCUT2D eigenvalue weighted by atomic mass is 35.5. The lowest BCUT2D eigenvalue weighted by atomic mass is 10.2. The van der Waals surface area contributed by atoms with E-state index in [4.69, 9.17) is 32.8 Å². The fraction of sp³-hybridized carbons (Fsp3) is 0.158. The number of benzene rings is 2. The first kappa shape index (κ1) is 22.7. The molecule has 2 aromatic carbocycles. The standard InChI is InChI=1S/C19H16Cl2N2O5S2/c1-23(27-2)30(25,26)17-9-12(7-8-16(17)21)19(24)28-10-13-11-29-18(22-13)14-5-3-4-6-15(14)20/h3-9,11H,10H2,1-2H3. The molecule has 0 radical (unpaired) electrons. The van der Waals surface area contributed by atoms with E-state index in [1.807, 2.05) is 18.2 Å². The zero-order valence-corrected chi connectivity index (χ0v) is 19.0. The fourth-order valence-corrected chi connectivity index (χ4v) is 5.02. The molecule has 1 heterocycles. The quantitative estimate of drug-likeness (QED) is 0.356. The van der Waals surface area contributed by atoms with Crippen molar-refractivity contribution < 1.29 is 22.8 Å². The number of halogens is 2. The number of ether oxygens (including phenoxy) is 1. The Morgan fingerprint density at radius 3 is 2.60 bits per heavy atom. The molecule has 0 atom stereocenters. The van der Waals surface area contributed by atoms with Gasteiger partial charge in [-0.15, -0.1) is 11.3 Å². The number of esters is 1. The van der Waals surface area contributed by atoms with Crippen molar-refractivity contribution in [2.45, 2.75) is 11.5 Å². The fourth-order valence-electron chi connectivity index (χ4n) is 2.42. The van der Waals surface area contributed by atoms with E-state index in [1.165, 1.54) is 37.6 Å². The zero-order chi connectivity index (χ0) is 21.9. The first-order valence-corrected chi connectivity index (χ1v) is 11.5. The Hall–Kier alpha value is -2.01. The second-order valence-corrected chi connectivity index (χ2v) is 9.52. The minimum atomic E-state index is -4.03. The van der Waals surface area contributed by atoms with Crippen molar-refractivity contribution in [3.05, 3.63) is 69.1 Å². The van der Waals surface area contributed by atoms with E-state index in [2.05, 4.69) is 4.98 Å². The van der Waals surface area contributed by atoms with Crippen LogP contribution in [0.5, 0.6) is 0 Å². The molecule has 30 heavy (non-hydrogen) atoms. The lowest BCUT2D eigenvalue weighted by molar-refractivity contribution is -0.0258. The Morgan fingerprint density at radius 1 is 1.17 bits per heavy atom. The van der Waals surface area contributed by atoms with Crippen molar-refractivity contribution >= 4 is 50.5 Å². The number of thiazole rings is 1. The first-order chi connectivity index (χ1) is 14.2. The van der Waals surface area contributed by atoms with Crippen LogP contribution < -0.4 is 0 Å². The molecule has 0 aliphatic rings. The maximum atomic E-state index is 12.4. The highest BCUT2D eigenvalue weighted by molar-refractivity contribution is 7.89. The number of hydroxylamine groups is 1. The van der Waals surface area contributed by atoms with E-state index in [0.717, 1.165) is 11.6 Å². The van der Waals surface area contributed by atoms with Crippen LogP contribution in [0.4, 0.5) is 0 Å². The minimum absolute atomic E-state index is 0.0315. The molecule has 7 nitrogen and oxygen atoms in total. The molecular weight excluding hydrogens is 471 g/mol. The number of sulfonamides is 1. The van der Waals surface area contributed by atoms with Crippen molar-refractivity contribution in [2.24, 2.45) is 0 Å². The van der Waals surface area contributed by atoms with Crippen molar-refractivity contribution in [3.63, 3.8) is 0 Å². The van der Waals surface area contributed by atoms with Crippen LogP contribution in [0.1, 0.15) is 16.1 Å². The SMILES string of the molecule is CON(C)S(=O)(=O)c1cc(C(=O)OCc2csc(-c3ccccc3Cl)n2)ccc1Cl. The average Bonchev–Trinajstić information content (AvgIpc) is 3.20. The number of carbonyl (C=O) groups is 1. The van der Waals surface area contributed by atoms with Crippen LogP contribution in [0, 0.1) is 0 Å². The second-order valence-electron chi connectivity index (χ2n) is 5.94. The molecule has 0 aliphatic carbocycles. The van der Waals surface area contributed by atoms with Gasteiger partial charge in [0.25, 0.3) is 10.0 Å². The summed E-state index contributed by atoms with van der Waals surface area (Å²) in [7, 11) is -1.61. The van der Waals surface area contributed by atoms with Crippen LogP contribution in [0.25, 0.3) is 10.6 Å². The number of carbonyl (C=O) groups excluding carboxylic acids is 1. The molecule has 0 spiro atoms. The van der Waals surface area contributed by atoms with E-state index in [1.54, 1.807) is 11.4 Å². The average molecular weight is 487 g/mol. The van der Waals surface area contributed by atoms with E-state index in [9.17, 15) is 13.2 Å². The predicted molar refractivity (Wildman–Crippen MR) is 115 cm³/mol. The van der Waals surface area contributed by atoms with Gasteiger partial charge in [0, 0.05) is 18.0 Å². The lowest BCUT2D eigenvalue weighted by Crippen LogP contribution is -2.26. The minimum Gasteiger partial charge on any atom is -0.456 e. The van der Waals surface area contributed by atoms with Gasteiger partial charge in [0.2, 0.25) is 0 Å². The van der Waals surface area contributed by atoms with Gasteiger partial charge in [-0.25, -0.2) is 18.2 Å². The summed E-state index contributed by atoms with van der Waals surface area (Å²) in [6.07, 6.45) is 0. The molecule has 1 aromatic heterocycles. The van der Waals surface area contributed by atoms with Gasteiger partial charge in [-0.05, 0) is 24.3 Å². The number of hydrogen-bond acceptors (Lipinski definition) is 7. The normalized spacial score (nSPS) is 11.6. The predicted octanol–water partition coefficient (Wildman–Crippen LogP) is 4.66. The number of nitrogens with zero attached hydrogens (tertiary/aromatic N) is 2. The number of aromatic nitrogens is 1. The van der Waals surface area contributed by atoms with Gasteiger partial charge in [0.1, 0.15) is 16.5 Å². The lowest BCUT2D eigenvalue weighted by Gasteiger charge is -2.15.